The zero-order valence-electron chi connectivity index (χ0n) is 14.6. The summed E-state index contributed by atoms with van der Waals surface area (Å²) in [5.74, 6) is 0.790. The van der Waals surface area contributed by atoms with E-state index in [1.165, 1.54) is 24.0 Å². The van der Waals surface area contributed by atoms with Gasteiger partial charge in [-0.15, -0.1) is 0 Å². The Kier molecular flexibility index (Phi) is 9.22. The summed E-state index contributed by atoms with van der Waals surface area (Å²) in [7, 11) is 0. The quantitative estimate of drug-likeness (QED) is 0.553. The highest BCUT2D eigenvalue weighted by atomic mass is 16.5. The van der Waals surface area contributed by atoms with Gasteiger partial charge in [-0.05, 0) is 42.9 Å². The molecule has 0 bridgehead atoms. The Morgan fingerprint density at radius 3 is 2.09 bits per heavy atom. The van der Waals surface area contributed by atoms with E-state index < -0.39 is 5.41 Å². The van der Waals surface area contributed by atoms with Gasteiger partial charge in [-0.25, -0.2) is 0 Å². The predicted molar refractivity (Wildman–Crippen MR) is 92.9 cm³/mol. The minimum atomic E-state index is -0.997. The molecule has 0 amide bonds. The maximum Gasteiger partial charge on any atom is 0.122 e. The molecule has 0 aliphatic rings. The topological polar surface area (TPSA) is 69.9 Å². The van der Waals surface area contributed by atoms with E-state index in [0.29, 0.717) is 0 Å². The Morgan fingerprint density at radius 2 is 1.52 bits per heavy atom. The molecule has 0 radical (unpaired) electrons. The number of aliphatic hydroxyl groups excluding tert-OH is 3. The first-order valence-electron chi connectivity index (χ1n) is 8.72. The Labute approximate surface area is 140 Å². The van der Waals surface area contributed by atoms with Crippen molar-refractivity contribution in [3.05, 3.63) is 29.3 Å². The molecule has 3 N–H and O–H groups in total. The minimum absolute atomic E-state index is 0.101. The van der Waals surface area contributed by atoms with Gasteiger partial charge in [-0.1, -0.05) is 38.8 Å². The van der Waals surface area contributed by atoms with Crippen LogP contribution in [0.2, 0.25) is 0 Å². The van der Waals surface area contributed by atoms with Crippen LogP contribution < -0.4 is 4.74 Å². The summed E-state index contributed by atoms with van der Waals surface area (Å²) in [5.41, 5.74) is 1.49. The maximum absolute atomic E-state index is 9.41. The molecule has 0 saturated heterocycles. The van der Waals surface area contributed by atoms with Crippen molar-refractivity contribution in [2.45, 2.75) is 52.4 Å². The molecule has 132 valence electrons. The smallest absolute Gasteiger partial charge is 0.122 e. The molecule has 0 spiro atoms. The number of benzene rings is 1. The lowest BCUT2D eigenvalue weighted by atomic mass is 9.92. The van der Waals surface area contributed by atoms with Gasteiger partial charge in [0, 0.05) is 0 Å². The van der Waals surface area contributed by atoms with Gasteiger partial charge in [0.2, 0.25) is 0 Å². The molecule has 1 rings (SSSR count). The van der Waals surface area contributed by atoms with Gasteiger partial charge >= 0.3 is 0 Å². The summed E-state index contributed by atoms with van der Waals surface area (Å²) in [6, 6.07) is 6.27. The first-order chi connectivity index (χ1) is 11.1. The van der Waals surface area contributed by atoms with Gasteiger partial charge in [-0.2, -0.15) is 0 Å². The fourth-order valence-corrected chi connectivity index (χ4v) is 2.39. The van der Waals surface area contributed by atoms with Crippen LogP contribution in [0.4, 0.5) is 0 Å². The van der Waals surface area contributed by atoms with Crippen LogP contribution >= 0.6 is 0 Å². The van der Waals surface area contributed by atoms with E-state index in [1.807, 2.05) is 6.07 Å². The summed E-state index contributed by atoms with van der Waals surface area (Å²) in [6.07, 6.45) is 6.59. The third-order valence-electron chi connectivity index (χ3n) is 4.28. The van der Waals surface area contributed by atoms with Gasteiger partial charge in [0.15, 0.2) is 0 Å². The summed E-state index contributed by atoms with van der Waals surface area (Å²) >= 11 is 0. The summed E-state index contributed by atoms with van der Waals surface area (Å²) in [6.45, 7) is 3.53. The van der Waals surface area contributed by atoms with E-state index >= 15 is 0 Å². The Bertz CT molecular complexity index is 433. The standard InChI is InChI=1S/C19H32O4/c1-3-5-7-16-9-10-18(17(11-16)8-6-4-2)23-15-19(12-20,13-21)14-22/h9-11,20-22H,3-8,12-15H2,1-2H3. The molecular formula is C19H32O4. The second-order valence-corrected chi connectivity index (χ2v) is 6.41. The van der Waals surface area contributed by atoms with Gasteiger partial charge in [0.05, 0.1) is 25.2 Å². The number of hydrogen-bond donors (Lipinski definition) is 3. The van der Waals surface area contributed by atoms with Crippen LogP contribution in [-0.2, 0) is 12.8 Å². The molecule has 0 heterocycles. The van der Waals surface area contributed by atoms with Crippen molar-refractivity contribution in [3.8, 4) is 5.75 Å². The zero-order chi connectivity index (χ0) is 17.1. The van der Waals surface area contributed by atoms with Crippen LogP contribution in [0.1, 0.15) is 50.7 Å². The first kappa shape index (κ1) is 19.9. The van der Waals surface area contributed by atoms with Gasteiger partial charge in [-0.3, -0.25) is 0 Å². The zero-order valence-corrected chi connectivity index (χ0v) is 14.6. The molecule has 0 aliphatic carbocycles. The predicted octanol–water partition coefficient (Wildman–Crippen LogP) is 2.71. The maximum atomic E-state index is 9.41. The van der Waals surface area contributed by atoms with E-state index in [9.17, 15) is 15.3 Å². The van der Waals surface area contributed by atoms with Crippen molar-refractivity contribution in [2.75, 3.05) is 26.4 Å². The van der Waals surface area contributed by atoms with Gasteiger partial charge < -0.3 is 20.1 Å². The summed E-state index contributed by atoms with van der Waals surface area (Å²) in [5, 5.41) is 28.2. The molecule has 0 unspecified atom stereocenters. The third-order valence-corrected chi connectivity index (χ3v) is 4.28. The van der Waals surface area contributed by atoms with E-state index in [2.05, 4.69) is 26.0 Å². The largest absolute Gasteiger partial charge is 0.492 e. The number of rotatable bonds is 12. The van der Waals surface area contributed by atoms with E-state index in [0.717, 1.165) is 31.4 Å². The molecule has 1 aromatic carbocycles. The highest BCUT2D eigenvalue weighted by Gasteiger charge is 2.29. The fourth-order valence-electron chi connectivity index (χ4n) is 2.39. The number of ether oxygens (including phenoxy) is 1. The number of hydrogen-bond acceptors (Lipinski definition) is 4. The lowest BCUT2D eigenvalue weighted by Gasteiger charge is -2.27. The monoisotopic (exact) mass is 324 g/mol. The lowest BCUT2D eigenvalue weighted by Crippen LogP contribution is -2.39. The highest BCUT2D eigenvalue weighted by molar-refractivity contribution is 5.37. The van der Waals surface area contributed by atoms with Crippen molar-refractivity contribution in [1.82, 2.24) is 0 Å². The number of aryl methyl sites for hydroxylation is 2. The van der Waals surface area contributed by atoms with Crippen molar-refractivity contribution < 1.29 is 20.1 Å². The molecule has 0 aromatic heterocycles. The van der Waals surface area contributed by atoms with Crippen molar-refractivity contribution in [3.63, 3.8) is 0 Å². The molecule has 1 aromatic rings. The van der Waals surface area contributed by atoms with E-state index in [1.54, 1.807) is 0 Å². The van der Waals surface area contributed by atoms with Crippen LogP contribution in [0, 0.1) is 5.41 Å². The van der Waals surface area contributed by atoms with Crippen molar-refractivity contribution in [2.24, 2.45) is 5.41 Å². The normalized spacial score (nSPS) is 11.7. The van der Waals surface area contributed by atoms with Crippen LogP contribution in [0.5, 0.6) is 5.75 Å². The Morgan fingerprint density at radius 1 is 0.913 bits per heavy atom. The Balaban J connectivity index is 2.86. The molecular weight excluding hydrogens is 292 g/mol. The van der Waals surface area contributed by atoms with Crippen LogP contribution in [-0.4, -0.2) is 41.7 Å². The molecule has 0 fully saturated rings. The van der Waals surface area contributed by atoms with Gasteiger partial charge in [0.25, 0.3) is 0 Å². The summed E-state index contributed by atoms with van der Waals surface area (Å²) in [4.78, 5) is 0. The number of aliphatic hydroxyl groups is 3. The average Bonchev–Trinajstić information content (AvgIpc) is 2.60. The molecule has 0 aliphatic heterocycles. The molecule has 0 atom stereocenters. The van der Waals surface area contributed by atoms with Crippen molar-refractivity contribution >= 4 is 0 Å². The van der Waals surface area contributed by atoms with Crippen LogP contribution in [0.3, 0.4) is 0 Å². The second-order valence-electron chi connectivity index (χ2n) is 6.41. The van der Waals surface area contributed by atoms with Crippen LogP contribution in [0.15, 0.2) is 18.2 Å². The van der Waals surface area contributed by atoms with Crippen molar-refractivity contribution in [1.29, 1.82) is 0 Å². The SMILES string of the molecule is CCCCc1ccc(OCC(CO)(CO)CO)c(CCCC)c1. The average molecular weight is 324 g/mol. The molecule has 4 heteroatoms. The van der Waals surface area contributed by atoms with E-state index in [4.69, 9.17) is 4.74 Å². The highest BCUT2D eigenvalue weighted by Crippen LogP contribution is 2.26. The third kappa shape index (κ3) is 6.13. The fraction of sp³-hybridized carbons (Fsp3) is 0.684. The first-order valence-corrected chi connectivity index (χ1v) is 8.72. The number of unbranched alkanes of at least 4 members (excludes halogenated alkanes) is 2. The summed E-state index contributed by atoms with van der Waals surface area (Å²) < 4.78 is 5.85. The molecule has 0 saturated carbocycles. The molecule has 4 nitrogen and oxygen atoms in total. The second kappa shape index (κ2) is 10.6. The Hall–Kier alpha value is -1.10. The van der Waals surface area contributed by atoms with Crippen LogP contribution in [0.25, 0.3) is 0 Å². The minimum Gasteiger partial charge on any atom is -0.492 e. The molecule has 23 heavy (non-hydrogen) atoms. The van der Waals surface area contributed by atoms with Gasteiger partial charge in [0.1, 0.15) is 12.4 Å². The van der Waals surface area contributed by atoms with E-state index in [-0.39, 0.29) is 26.4 Å². The lowest BCUT2D eigenvalue weighted by molar-refractivity contribution is -0.0260.